The van der Waals surface area contributed by atoms with Gasteiger partial charge in [0.05, 0.1) is 5.56 Å². The van der Waals surface area contributed by atoms with Crippen molar-refractivity contribution in [2.24, 2.45) is 10.9 Å². The number of pyridine rings is 1. The molecule has 0 aliphatic rings. The number of amidine groups is 1. The molecule has 0 radical (unpaired) electrons. The average Bonchev–Trinajstić information content (AvgIpc) is 2.42. The fourth-order valence-electron chi connectivity index (χ4n) is 1.78. The first-order valence-corrected chi connectivity index (χ1v) is 5.80. The molecular formula is C14H15N3O2. The summed E-state index contributed by atoms with van der Waals surface area (Å²) in [4.78, 5) is 4.13. The smallest absolute Gasteiger partial charge is 0.230 e. The summed E-state index contributed by atoms with van der Waals surface area (Å²) in [5.74, 6) is 1.01. The molecule has 1 heterocycles. The third-order valence-electron chi connectivity index (χ3n) is 2.76. The van der Waals surface area contributed by atoms with Crippen molar-refractivity contribution < 1.29 is 9.94 Å². The number of para-hydroxylation sites is 1. The maximum Gasteiger partial charge on any atom is 0.230 e. The zero-order valence-corrected chi connectivity index (χ0v) is 10.8. The van der Waals surface area contributed by atoms with Crippen molar-refractivity contribution in [2.75, 3.05) is 0 Å². The standard InChI is InChI=1S/C14H15N3O2/c1-9-5-3-6-10(2)12(9)19-14-11(13(15)17-18)7-4-8-16-14/h3-8,18H,1-2H3,(H2,15,17). The van der Waals surface area contributed by atoms with Crippen LogP contribution in [0.2, 0.25) is 0 Å². The summed E-state index contributed by atoms with van der Waals surface area (Å²) < 4.78 is 5.81. The van der Waals surface area contributed by atoms with Crippen LogP contribution in [0.4, 0.5) is 0 Å². The molecule has 19 heavy (non-hydrogen) atoms. The third-order valence-corrected chi connectivity index (χ3v) is 2.76. The van der Waals surface area contributed by atoms with Gasteiger partial charge in [-0.25, -0.2) is 4.98 Å². The molecule has 98 valence electrons. The Labute approximate surface area is 111 Å². The van der Waals surface area contributed by atoms with Gasteiger partial charge in [0.15, 0.2) is 5.84 Å². The van der Waals surface area contributed by atoms with Gasteiger partial charge in [0.1, 0.15) is 5.75 Å². The topological polar surface area (TPSA) is 80.7 Å². The maximum atomic E-state index is 8.77. The van der Waals surface area contributed by atoms with Crippen LogP contribution in [0.3, 0.4) is 0 Å². The Bertz CT molecular complexity index is 604. The SMILES string of the molecule is Cc1cccc(C)c1Oc1ncccc1/C(N)=N/O. The van der Waals surface area contributed by atoms with Gasteiger partial charge < -0.3 is 15.7 Å². The third kappa shape index (κ3) is 2.65. The van der Waals surface area contributed by atoms with Crippen molar-refractivity contribution in [1.29, 1.82) is 0 Å². The van der Waals surface area contributed by atoms with Crippen molar-refractivity contribution in [3.8, 4) is 11.6 Å². The molecule has 5 heteroatoms. The van der Waals surface area contributed by atoms with Gasteiger partial charge in [0.2, 0.25) is 5.88 Å². The quantitative estimate of drug-likeness (QED) is 0.383. The van der Waals surface area contributed by atoms with E-state index >= 15 is 0 Å². The van der Waals surface area contributed by atoms with Gasteiger partial charge in [0.25, 0.3) is 0 Å². The van der Waals surface area contributed by atoms with Crippen LogP contribution in [0, 0.1) is 13.8 Å². The molecule has 2 aromatic rings. The predicted molar refractivity (Wildman–Crippen MR) is 72.7 cm³/mol. The van der Waals surface area contributed by atoms with Gasteiger partial charge in [-0.3, -0.25) is 0 Å². The van der Waals surface area contributed by atoms with Gasteiger partial charge in [-0.1, -0.05) is 23.4 Å². The van der Waals surface area contributed by atoms with Crippen LogP contribution in [-0.2, 0) is 0 Å². The summed E-state index contributed by atoms with van der Waals surface area (Å²) in [7, 11) is 0. The van der Waals surface area contributed by atoms with Crippen LogP contribution in [0.25, 0.3) is 0 Å². The van der Waals surface area contributed by atoms with Crippen LogP contribution in [0.5, 0.6) is 11.6 Å². The molecule has 0 bridgehead atoms. The molecular weight excluding hydrogens is 242 g/mol. The number of oxime groups is 1. The first kappa shape index (κ1) is 12.9. The van der Waals surface area contributed by atoms with Gasteiger partial charge in [-0.2, -0.15) is 0 Å². The minimum absolute atomic E-state index is 0.0330. The van der Waals surface area contributed by atoms with E-state index in [-0.39, 0.29) is 5.84 Å². The first-order valence-electron chi connectivity index (χ1n) is 5.80. The van der Waals surface area contributed by atoms with Crippen LogP contribution < -0.4 is 10.5 Å². The lowest BCUT2D eigenvalue weighted by Gasteiger charge is -2.12. The summed E-state index contributed by atoms with van der Waals surface area (Å²) >= 11 is 0. The molecule has 0 amide bonds. The molecule has 1 aromatic carbocycles. The maximum absolute atomic E-state index is 8.77. The highest BCUT2D eigenvalue weighted by atomic mass is 16.5. The molecule has 0 spiro atoms. The number of nitrogens with two attached hydrogens (primary N) is 1. The summed E-state index contributed by atoms with van der Waals surface area (Å²) in [6, 6.07) is 9.25. The van der Waals surface area contributed by atoms with Crippen molar-refractivity contribution in [3.05, 3.63) is 53.2 Å². The molecule has 5 nitrogen and oxygen atoms in total. The molecule has 0 aliphatic carbocycles. The molecule has 0 fully saturated rings. The van der Waals surface area contributed by atoms with Crippen molar-refractivity contribution in [2.45, 2.75) is 13.8 Å². The van der Waals surface area contributed by atoms with E-state index in [1.54, 1.807) is 18.3 Å². The number of nitrogens with zero attached hydrogens (tertiary/aromatic N) is 2. The Morgan fingerprint density at radius 2 is 1.89 bits per heavy atom. The van der Waals surface area contributed by atoms with Crippen LogP contribution in [0.15, 0.2) is 41.7 Å². The number of rotatable bonds is 3. The van der Waals surface area contributed by atoms with E-state index in [0.29, 0.717) is 11.4 Å². The molecule has 0 saturated carbocycles. The summed E-state index contributed by atoms with van der Waals surface area (Å²) in [6.45, 7) is 3.91. The highest BCUT2D eigenvalue weighted by Crippen LogP contribution is 2.29. The first-order chi connectivity index (χ1) is 9.13. The summed E-state index contributed by atoms with van der Waals surface area (Å²) in [6.07, 6.45) is 1.59. The van der Waals surface area contributed by atoms with Crippen LogP contribution >= 0.6 is 0 Å². The normalized spacial score (nSPS) is 11.4. The number of aryl methyl sites for hydroxylation is 2. The highest BCUT2D eigenvalue weighted by molar-refractivity contribution is 5.99. The molecule has 3 N–H and O–H groups in total. The molecule has 1 aromatic heterocycles. The number of hydrogen-bond acceptors (Lipinski definition) is 4. The van der Waals surface area contributed by atoms with Crippen LogP contribution in [-0.4, -0.2) is 16.0 Å². The zero-order valence-electron chi connectivity index (χ0n) is 10.8. The van der Waals surface area contributed by atoms with Gasteiger partial charge in [0, 0.05) is 6.20 Å². The monoisotopic (exact) mass is 257 g/mol. The largest absolute Gasteiger partial charge is 0.438 e. The summed E-state index contributed by atoms with van der Waals surface area (Å²) in [5, 5.41) is 11.7. The van der Waals surface area contributed by atoms with Gasteiger partial charge in [-0.15, -0.1) is 0 Å². The molecule has 2 rings (SSSR count). The second-order valence-electron chi connectivity index (χ2n) is 4.16. The lowest BCUT2D eigenvalue weighted by atomic mass is 10.1. The van der Waals surface area contributed by atoms with E-state index in [1.807, 2.05) is 32.0 Å². The molecule has 0 atom stereocenters. The highest BCUT2D eigenvalue weighted by Gasteiger charge is 2.12. The zero-order chi connectivity index (χ0) is 13.8. The molecule has 0 unspecified atom stereocenters. The van der Waals surface area contributed by atoms with Gasteiger partial charge >= 0.3 is 0 Å². The van der Waals surface area contributed by atoms with E-state index in [2.05, 4.69) is 10.1 Å². The number of aromatic nitrogens is 1. The van der Waals surface area contributed by atoms with E-state index in [9.17, 15) is 0 Å². The Morgan fingerprint density at radius 1 is 1.21 bits per heavy atom. The Hall–Kier alpha value is -2.56. The Morgan fingerprint density at radius 3 is 2.53 bits per heavy atom. The Kier molecular flexibility index (Phi) is 3.66. The number of ether oxygens (including phenoxy) is 1. The fourth-order valence-corrected chi connectivity index (χ4v) is 1.78. The minimum Gasteiger partial charge on any atom is -0.438 e. The lowest BCUT2D eigenvalue weighted by Crippen LogP contribution is -2.14. The minimum atomic E-state index is -0.0330. The van der Waals surface area contributed by atoms with Gasteiger partial charge in [-0.05, 0) is 37.1 Å². The van der Waals surface area contributed by atoms with Crippen LogP contribution in [0.1, 0.15) is 16.7 Å². The van der Waals surface area contributed by atoms with E-state index in [4.69, 9.17) is 15.7 Å². The fraction of sp³-hybridized carbons (Fsp3) is 0.143. The van der Waals surface area contributed by atoms with Crippen molar-refractivity contribution in [1.82, 2.24) is 4.98 Å². The van der Waals surface area contributed by atoms with E-state index in [0.717, 1.165) is 16.9 Å². The molecule has 0 aliphatic heterocycles. The number of benzene rings is 1. The molecule has 0 saturated heterocycles. The second kappa shape index (κ2) is 5.39. The van der Waals surface area contributed by atoms with Crippen molar-refractivity contribution in [3.63, 3.8) is 0 Å². The Balaban J connectivity index is 2.45. The van der Waals surface area contributed by atoms with E-state index in [1.165, 1.54) is 0 Å². The number of hydrogen-bond donors (Lipinski definition) is 2. The average molecular weight is 257 g/mol. The summed E-state index contributed by atoms with van der Waals surface area (Å²) in [5.41, 5.74) is 8.05. The van der Waals surface area contributed by atoms with Crippen molar-refractivity contribution >= 4 is 5.84 Å². The lowest BCUT2D eigenvalue weighted by molar-refractivity contribution is 0.318. The predicted octanol–water partition coefficient (Wildman–Crippen LogP) is 2.59. The van der Waals surface area contributed by atoms with E-state index < -0.39 is 0 Å². The second-order valence-corrected chi connectivity index (χ2v) is 4.16.